The van der Waals surface area contributed by atoms with E-state index in [4.69, 9.17) is 0 Å². The van der Waals surface area contributed by atoms with E-state index in [0.717, 1.165) is 23.4 Å². The van der Waals surface area contributed by atoms with Crippen LogP contribution in [-0.2, 0) is 16.0 Å². The molecule has 0 saturated heterocycles. The number of benzene rings is 1. The summed E-state index contributed by atoms with van der Waals surface area (Å²) in [6.07, 6.45) is 2.99. The van der Waals surface area contributed by atoms with Crippen molar-refractivity contribution in [3.8, 4) is 0 Å². The van der Waals surface area contributed by atoms with E-state index in [1.807, 2.05) is 31.2 Å². The summed E-state index contributed by atoms with van der Waals surface area (Å²) in [5.41, 5.74) is 3.06. The van der Waals surface area contributed by atoms with Gasteiger partial charge in [-0.05, 0) is 44.4 Å². The van der Waals surface area contributed by atoms with E-state index in [1.165, 1.54) is 0 Å². The maximum absolute atomic E-state index is 11.7. The highest BCUT2D eigenvalue weighted by atomic mass is 16.1. The summed E-state index contributed by atoms with van der Waals surface area (Å²) in [5, 5.41) is 3.14. The lowest BCUT2D eigenvalue weighted by molar-refractivity contribution is -0.119. The lowest BCUT2D eigenvalue weighted by Crippen LogP contribution is -2.02. The van der Waals surface area contributed by atoms with Gasteiger partial charge in [0.2, 0.25) is 0 Å². The molecular formula is C17H23NO2. The number of hydrogen-bond acceptors (Lipinski definition) is 3. The van der Waals surface area contributed by atoms with Crippen molar-refractivity contribution < 1.29 is 9.59 Å². The van der Waals surface area contributed by atoms with Crippen LogP contribution in [0.25, 0.3) is 0 Å². The average Bonchev–Trinajstić information content (AvgIpc) is 2.37. The monoisotopic (exact) mass is 273 g/mol. The van der Waals surface area contributed by atoms with Crippen molar-refractivity contribution in [2.75, 3.05) is 5.32 Å². The third-order valence-electron chi connectivity index (χ3n) is 2.99. The predicted molar refractivity (Wildman–Crippen MR) is 82.7 cm³/mol. The molecule has 3 nitrogen and oxygen atoms in total. The smallest absolute Gasteiger partial charge is 0.133 e. The molecule has 1 aromatic rings. The first kappa shape index (κ1) is 16.2. The summed E-state index contributed by atoms with van der Waals surface area (Å²) in [7, 11) is 0. The Labute approximate surface area is 121 Å². The molecule has 0 saturated carbocycles. The van der Waals surface area contributed by atoms with Crippen LogP contribution in [0.1, 0.15) is 45.1 Å². The van der Waals surface area contributed by atoms with Crippen molar-refractivity contribution in [3.05, 3.63) is 42.1 Å². The Morgan fingerprint density at radius 2 is 1.70 bits per heavy atom. The number of carbonyl (C=O) groups excluding carboxylic acids is 2. The molecule has 108 valence electrons. The van der Waals surface area contributed by atoms with Crippen molar-refractivity contribution in [3.63, 3.8) is 0 Å². The molecule has 0 radical (unpaired) electrons. The topological polar surface area (TPSA) is 46.2 Å². The standard InChI is InChI=1S/C17H23NO2/c1-13(2)18-16-10-7-15(8-11-16)9-12-17(20)6-4-5-14(3)19/h7-8,10-11,18H,1,4-6,9,12H2,2-3H3. The van der Waals surface area contributed by atoms with Crippen LogP contribution in [0.3, 0.4) is 0 Å². The largest absolute Gasteiger partial charge is 0.360 e. The average molecular weight is 273 g/mol. The number of aryl methyl sites for hydroxylation is 1. The summed E-state index contributed by atoms with van der Waals surface area (Å²) < 4.78 is 0. The Hall–Kier alpha value is -1.90. The van der Waals surface area contributed by atoms with Gasteiger partial charge in [-0.15, -0.1) is 0 Å². The Kier molecular flexibility index (Phi) is 6.71. The van der Waals surface area contributed by atoms with Crippen LogP contribution in [0, 0.1) is 0 Å². The molecule has 1 rings (SSSR count). The van der Waals surface area contributed by atoms with Crippen molar-refractivity contribution in [2.24, 2.45) is 0 Å². The van der Waals surface area contributed by atoms with E-state index >= 15 is 0 Å². The van der Waals surface area contributed by atoms with Crippen LogP contribution < -0.4 is 5.32 Å². The van der Waals surface area contributed by atoms with Crippen molar-refractivity contribution in [2.45, 2.75) is 46.0 Å². The van der Waals surface area contributed by atoms with Crippen molar-refractivity contribution in [1.82, 2.24) is 0 Å². The number of allylic oxidation sites excluding steroid dienone is 1. The molecule has 0 bridgehead atoms. The minimum absolute atomic E-state index is 0.151. The summed E-state index contributed by atoms with van der Waals surface area (Å²) in [4.78, 5) is 22.5. The van der Waals surface area contributed by atoms with Crippen LogP contribution in [0.15, 0.2) is 36.5 Å². The summed E-state index contributed by atoms with van der Waals surface area (Å²) in [6.45, 7) is 7.26. The van der Waals surface area contributed by atoms with Gasteiger partial charge in [-0.2, -0.15) is 0 Å². The molecule has 0 atom stereocenters. The quantitative estimate of drug-likeness (QED) is 0.742. The van der Waals surface area contributed by atoms with Gasteiger partial charge in [-0.1, -0.05) is 18.7 Å². The van der Waals surface area contributed by atoms with Gasteiger partial charge < -0.3 is 10.1 Å². The Morgan fingerprint density at radius 3 is 2.25 bits per heavy atom. The molecule has 0 amide bonds. The van der Waals surface area contributed by atoms with Crippen LogP contribution in [0.2, 0.25) is 0 Å². The normalized spacial score (nSPS) is 10.1. The van der Waals surface area contributed by atoms with Crippen molar-refractivity contribution >= 4 is 17.3 Å². The molecule has 1 N–H and O–H groups in total. The van der Waals surface area contributed by atoms with Crippen LogP contribution >= 0.6 is 0 Å². The highest BCUT2D eigenvalue weighted by Gasteiger charge is 2.04. The second-order valence-corrected chi connectivity index (χ2v) is 5.20. The highest BCUT2D eigenvalue weighted by molar-refractivity contribution is 5.80. The first-order valence-corrected chi connectivity index (χ1v) is 7.00. The summed E-state index contributed by atoms with van der Waals surface area (Å²) >= 11 is 0. The van der Waals surface area contributed by atoms with Gasteiger partial charge in [0.1, 0.15) is 11.6 Å². The number of ketones is 2. The third-order valence-corrected chi connectivity index (χ3v) is 2.99. The number of nitrogens with one attached hydrogen (secondary N) is 1. The zero-order valence-electron chi connectivity index (χ0n) is 12.4. The van der Waals surface area contributed by atoms with E-state index in [9.17, 15) is 9.59 Å². The van der Waals surface area contributed by atoms with E-state index in [0.29, 0.717) is 25.7 Å². The van der Waals surface area contributed by atoms with Gasteiger partial charge in [0, 0.05) is 30.6 Å². The van der Waals surface area contributed by atoms with Gasteiger partial charge >= 0.3 is 0 Å². The molecular weight excluding hydrogens is 250 g/mol. The third kappa shape index (κ3) is 6.88. The molecule has 0 aliphatic rings. The fraction of sp³-hybridized carbons (Fsp3) is 0.412. The number of anilines is 1. The fourth-order valence-electron chi connectivity index (χ4n) is 1.94. The molecule has 0 aliphatic heterocycles. The fourth-order valence-corrected chi connectivity index (χ4v) is 1.94. The van der Waals surface area contributed by atoms with E-state index in [-0.39, 0.29) is 11.6 Å². The predicted octanol–water partition coefficient (Wildman–Crippen LogP) is 3.89. The van der Waals surface area contributed by atoms with Crippen LogP contribution in [0.4, 0.5) is 5.69 Å². The number of Topliss-reactive ketones (excluding diaryl/α,β-unsaturated/α-hetero) is 2. The zero-order valence-corrected chi connectivity index (χ0v) is 12.4. The van der Waals surface area contributed by atoms with Gasteiger partial charge in [0.05, 0.1) is 0 Å². The first-order chi connectivity index (χ1) is 9.47. The van der Waals surface area contributed by atoms with Crippen LogP contribution in [-0.4, -0.2) is 11.6 Å². The molecule has 1 aromatic carbocycles. The molecule has 0 spiro atoms. The second-order valence-electron chi connectivity index (χ2n) is 5.20. The van der Waals surface area contributed by atoms with Gasteiger partial charge in [0.25, 0.3) is 0 Å². The number of carbonyl (C=O) groups is 2. The van der Waals surface area contributed by atoms with E-state index in [2.05, 4.69) is 11.9 Å². The SMILES string of the molecule is C=C(C)Nc1ccc(CCC(=O)CCCC(C)=O)cc1. The minimum atomic E-state index is 0.151. The van der Waals surface area contributed by atoms with Crippen molar-refractivity contribution in [1.29, 1.82) is 0 Å². The summed E-state index contributed by atoms with van der Waals surface area (Å²) in [6, 6.07) is 8.02. The van der Waals surface area contributed by atoms with E-state index < -0.39 is 0 Å². The molecule has 0 unspecified atom stereocenters. The lowest BCUT2D eigenvalue weighted by Gasteiger charge is -2.06. The molecule has 0 aromatic heterocycles. The minimum Gasteiger partial charge on any atom is -0.360 e. The number of hydrogen-bond donors (Lipinski definition) is 1. The maximum Gasteiger partial charge on any atom is 0.133 e. The number of rotatable bonds is 9. The maximum atomic E-state index is 11.7. The molecule has 0 heterocycles. The molecule has 0 fully saturated rings. The first-order valence-electron chi connectivity index (χ1n) is 7.00. The molecule has 20 heavy (non-hydrogen) atoms. The molecule has 0 aliphatic carbocycles. The van der Waals surface area contributed by atoms with Gasteiger partial charge in [-0.3, -0.25) is 4.79 Å². The second kappa shape index (κ2) is 8.31. The van der Waals surface area contributed by atoms with Gasteiger partial charge in [-0.25, -0.2) is 0 Å². The summed E-state index contributed by atoms with van der Waals surface area (Å²) in [5.74, 6) is 0.383. The Balaban J connectivity index is 2.32. The van der Waals surface area contributed by atoms with Gasteiger partial charge in [0.15, 0.2) is 0 Å². The highest BCUT2D eigenvalue weighted by Crippen LogP contribution is 2.13. The Bertz CT molecular complexity index is 474. The Morgan fingerprint density at radius 1 is 1.05 bits per heavy atom. The van der Waals surface area contributed by atoms with Crippen LogP contribution in [0.5, 0.6) is 0 Å². The zero-order chi connectivity index (χ0) is 15.0. The lowest BCUT2D eigenvalue weighted by atomic mass is 10.0. The van der Waals surface area contributed by atoms with E-state index in [1.54, 1.807) is 6.92 Å². The molecule has 3 heteroatoms.